The number of likely N-dealkylation sites (tertiary alicyclic amines) is 1. The Kier molecular flexibility index (Phi) is 4.93. The predicted octanol–water partition coefficient (Wildman–Crippen LogP) is 3.19. The largest absolute Gasteiger partial charge is 0.508 e. The number of hydrogen-bond donors (Lipinski definition) is 2. The second kappa shape index (κ2) is 7.10. The summed E-state index contributed by atoms with van der Waals surface area (Å²) in [6, 6.07) is 7.59. The molecule has 0 spiro atoms. The number of nitrogens with one attached hydrogen (secondary N) is 1. The van der Waals surface area contributed by atoms with Crippen LogP contribution in [-0.2, 0) is 11.3 Å². The molecular weight excluding hydrogens is 310 g/mol. The van der Waals surface area contributed by atoms with Crippen molar-refractivity contribution in [2.75, 3.05) is 18.4 Å². The van der Waals surface area contributed by atoms with Crippen LogP contribution < -0.4 is 5.32 Å². The molecule has 2 aromatic rings. The van der Waals surface area contributed by atoms with Gasteiger partial charge in [0, 0.05) is 24.5 Å². The molecule has 0 radical (unpaired) electrons. The average molecular weight is 331 g/mol. The van der Waals surface area contributed by atoms with Crippen molar-refractivity contribution in [2.45, 2.75) is 32.2 Å². The number of carbonyl (C=O) groups excluding carboxylic acids is 1. The number of aromatic nitrogens is 1. The maximum Gasteiger partial charge on any atom is 0.223 e. The van der Waals surface area contributed by atoms with Crippen LogP contribution in [0.25, 0.3) is 0 Å². The first kappa shape index (κ1) is 16.0. The SMILES string of the molecule is CC(=O)Nc1ncc(CN2CCC(c3ccc(O)cc3)CC2)s1. The molecule has 0 unspecified atom stereocenters. The fourth-order valence-corrected chi connectivity index (χ4v) is 3.88. The van der Waals surface area contributed by atoms with Crippen LogP contribution in [-0.4, -0.2) is 34.0 Å². The highest BCUT2D eigenvalue weighted by Gasteiger charge is 2.21. The number of phenols is 1. The van der Waals surface area contributed by atoms with E-state index >= 15 is 0 Å². The van der Waals surface area contributed by atoms with E-state index in [9.17, 15) is 9.90 Å². The quantitative estimate of drug-likeness (QED) is 0.903. The molecule has 1 saturated heterocycles. The Balaban J connectivity index is 1.52. The van der Waals surface area contributed by atoms with E-state index in [1.165, 1.54) is 17.4 Å². The molecule has 2 N–H and O–H groups in total. The van der Waals surface area contributed by atoms with Crippen LogP contribution in [0.15, 0.2) is 30.5 Å². The number of carbonyl (C=O) groups is 1. The van der Waals surface area contributed by atoms with Crippen LogP contribution in [0.5, 0.6) is 5.75 Å². The average Bonchev–Trinajstić information content (AvgIpc) is 2.95. The van der Waals surface area contributed by atoms with Crippen molar-refractivity contribution in [3.8, 4) is 5.75 Å². The Morgan fingerprint density at radius 3 is 2.70 bits per heavy atom. The number of benzene rings is 1. The zero-order valence-corrected chi connectivity index (χ0v) is 14.0. The van der Waals surface area contributed by atoms with Crippen LogP contribution in [0, 0.1) is 0 Å². The summed E-state index contributed by atoms with van der Waals surface area (Å²) in [4.78, 5) is 18.9. The Hall–Kier alpha value is -1.92. The zero-order valence-electron chi connectivity index (χ0n) is 13.2. The first-order valence-corrected chi connectivity index (χ1v) is 8.65. The highest BCUT2D eigenvalue weighted by molar-refractivity contribution is 7.15. The number of thiazole rings is 1. The molecule has 1 fully saturated rings. The van der Waals surface area contributed by atoms with Crippen molar-refractivity contribution in [3.63, 3.8) is 0 Å². The van der Waals surface area contributed by atoms with E-state index in [4.69, 9.17) is 0 Å². The standard InChI is InChI=1S/C17H21N3O2S/c1-12(21)19-17-18-10-16(23-17)11-20-8-6-14(7-9-20)13-2-4-15(22)5-3-13/h2-5,10,14,22H,6-9,11H2,1H3,(H,18,19,21). The molecule has 5 nitrogen and oxygen atoms in total. The van der Waals surface area contributed by atoms with Gasteiger partial charge in [-0.25, -0.2) is 4.98 Å². The van der Waals surface area contributed by atoms with Crippen LogP contribution in [0.2, 0.25) is 0 Å². The van der Waals surface area contributed by atoms with Gasteiger partial charge in [-0.2, -0.15) is 0 Å². The first-order valence-electron chi connectivity index (χ1n) is 7.84. The lowest BCUT2D eigenvalue weighted by Gasteiger charge is -2.31. The minimum Gasteiger partial charge on any atom is -0.508 e. The second-order valence-corrected chi connectivity index (χ2v) is 7.07. The van der Waals surface area contributed by atoms with Crippen LogP contribution in [0.4, 0.5) is 5.13 Å². The first-order chi connectivity index (χ1) is 11.1. The number of phenolic OH excluding ortho intramolecular Hbond substituents is 1. The van der Waals surface area contributed by atoms with Gasteiger partial charge in [-0.3, -0.25) is 9.69 Å². The molecule has 1 aliphatic rings. The van der Waals surface area contributed by atoms with Gasteiger partial charge in [-0.1, -0.05) is 12.1 Å². The summed E-state index contributed by atoms with van der Waals surface area (Å²) in [5.41, 5.74) is 1.31. The molecule has 1 aromatic carbocycles. The lowest BCUT2D eigenvalue weighted by molar-refractivity contribution is -0.114. The molecular formula is C17H21N3O2S. The molecule has 1 amide bonds. The lowest BCUT2D eigenvalue weighted by Crippen LogP contribution is -2.32. The lowest BCUT2D eigenvalue weighted by atomic mass is 9.89. The molecule has 2 heterocycles. The van der Waals surface area contributed by atoms with E-state index in [0.717, 1.165) is 32.5 Å². The summed E-state index contributed by atoms with van der Waals surface area (Å²) < 4.78 is 0. The summed E-state index contributed by atoms with van der Waals surface area (Å²) in [6.45, 7) is 4.49. The van der Waals surface area contributed by atoms with E-state index in [1.807, 2.05) is 18.3 Å². The van der Waals surface area contributed by atoms with Crippen LogP contribution in [0.3, 0.4) is 0 Å². The van der Waals surface area contributed by atoms with Crippen LogP contribution >= 0.6 is 11.3 Å². The third-order valence-electron chi connectivity index (χ3n) is 4.17. The number of nitrogens with zero attached hydrogens (tertiary/aromatic N) is 2. The number of piperidine rings is 1. The molecule has 23 heavy (non-hydrogen) atoms. The molecule has 0 aliphatic carbocycles. The number of anilines is 1. The molecule has 3 rings (SSSR count). The molecule has 0 atom stereocenters. The maximum absolute atomic E-state index is 11.0. The fraction of sp³-hybridized carbons (Fsp3) is 0.412. The maximum atomic E-state index is 11.0. The number of rotatable bonds is 4. The summed E-state index contributed by atoms with van der Waals surface area (Å²) in [5.74, 6) is 0.815. The highest BCUT2D eigenvalue weighted by Crippen LogP contribution is 2.30. The minimum atomic E-state index is -0.0828. The van der Waals surface area contributed by atoms with Crippen LogP contribution in [0.1, 0.15) is 36.1 Å². The van der Waals surface area contributed by atoms with Gasteiger partial charge < -0.3 is 10.4 Å². The summed E-state index contributed by atoms with van der Waals surface area (Å²) in [5, 5.41) is 12.8. The number of aromatic hydroxyl groups is 1. The Morgan fingerprint density at radius 1 is 1.35 bits per heavy atom. The molecule has 6 heteroatoms. The minimum absolute atomic E-state index is 0.0828. The van der Waals surface area contributed by atoms with E-state index < -0.39 is 0 Å². The predicted molar refractivity (Wildman–Crippen MR) is 91.8 cm³/mol. The van der Waals surface area contributed by atoms with Gasteiger partial charge in [0.25, 0.3) is 0 Å². The summed E-state index contributed by atoms with van der Waals surface area (Å²) in [6.07, 6.45) is 4.10. The van der Waals surface area contributed by atoms with Gasteiger partial charge in [-0.05, 0) is 49.5 Å². The molecule has 122 valence electrons. The Bertz CT molecular complexity index is 661. The van der Waals surface area contributed by atoms with E-state index in [1.54, 1.807) is 23.5 Å². The molecule has 0 bridgehead atoms. The van der Waals surface area contributed by atoms with Crippen molar-refractivity contribution in [3.05, 3.63) is 40.9 Å². The van der Waals surface area contributed by atoms with Crippen molar-refractivity contribution in [1.29, 1.82) is 0 Å². The molecule has 1 aliphatic heterocycles. The summed E-state index contributed by atoms with van der Waals surface area (Å²) in [7, 11) is 0. The monoisotopic (exact) mass is 331 g/mol. The fourth-order valence-electron chi connectivity index (χ4n) is 2.98. The normalized spacial score (nSPS) is 16.4. The van der Waals surface area contributed by atoms with E-state index in [0.29, 0.717) is 16.8 Å². The highest BCUT2D eigenvalue weighted by atomic mass is 32.1. The molecule has 1 aromatic heterocycles. The van der Waals surface area contributed by atoms with Gasteiger partial charge in [-0.15, -0.1) is 11.3 Å². The molecule has 0 saturated carbocycles. The van der Waals surface area contributed by atoms with Gasteiger partial charge in [0.05, 0.1) is 0 Å². The smallest absolute Gasteiger partial charge is 0.223 e. The van der Waals surface area contributed by atoms with Gasteiger partial charge >= 0.3 is 0 Å². The van der Waals surface area contributed by atoms with E-state index in [2.05, 4.69) is 15.2 Å². The third-order valence-corrected chi connectivity index (χ3v) is 5.07. The summed E-state index contributed by atoms with van der Waals surface area (Å²) >= 11 is 1.54. The third kappa shape index (κ3) is 4.30. The van der Waals surface area contributed by atoms with Crippen molar-refractivity contribution < 1.29 is 9.90 Å². The Morgan fingerprint density at radius 2 is 2.04 bits per heavy atom. The number of amides is 1. The van der Waals surface area contributed by atoms with Gasteiger partial charge in [0.15, 0.2) is 5.13 Å². The topological polar surface area (TPSA) is 65.5 Å². The van der Waals surface area contributed by atoms with E-state index in [-0.39, 0.29) is 5.91 Å². The van der Waals surface area contributed by atoms with Gasteiger partial charge in [0.1, 0.15) is 5.75 Å². The van der Waals surface area contributed by atoms with Gasteiger partial charge in [0.2, 0.25) is 5.91 Å². The second-order valence-electron chi connectivity index (χ2n) is 5.95. The number of hydrogen-bond acceptors (Lipinski definition) is 5. The van der Waals surface area contributed by atoms with Crippen molar-refractivity contribution in [2.24, 2.45) is 0 Å². The van der Waals surface area contributed by atoms with Crippen molar-refractivity contribution in [1.82, 2.24) is 9.88 Å². The van der Waals surface area contributed by atoms with Crippen molar-refractivity contribution >= 4 is 22.4 Å². The Labute approximate surface area is 140 Å². The zero-order chi connectivity index (χ0) is 16.2.